The summed E-state index contributed by atoms with van der Waals surface area (Å²) in [7, 11) is 0. The Balaban J connectivity index is 2.29. The number of hydrogen-bond acceptors (Lipinski definition) is 3. The van der Waals surface area contributed by atoms with Crippen LogP contribution < -0.4 is 5.32 Å². The van der Waals surface area contributed by atoms with Gasteiger partial charge in [-0.15, -0.1) is 0 Å². The van der Waals surface area contributed by atoms with Gasteiger partial charge in [-0.1, -0.05) is 6.08 Å². The lowest BCUT2D eigenvalue weighted by molar-refractivity contribution is 0.144. The molecule has 2 N–H and O–H groups in total. The topological polar surface area (TPSA) is 41.5 Å². The van der Waals surface area contributed by atoms with E-state index in [9.17, 15) is 0 Å². The van der Waals surface area contributed by atoms with E-state index < -0.39 is 0 Å². The van der Waals surface area contributed by atoms with Crippen molar-refractivity contribution in [3.63, 3.8) is 0 Å². The molecular formula is C10H19NO2. The Morgan fingerprint density at radius 1 is 1.62 bits per heavy atom. The summed E-state index contributed by atoms with van der Waals surface area (Å²) in [5.74, 6) is 0. The Labute approximate surface area is 79.8 Å². The molecule has 13 heavy (non-hydrogen) atoms. The molecule has 0 amide bonds. The molecule has 0 bridgehead atoms. The van der Waals surface area contributed by atoms with E-state index in [2.05, 4.69) is 11.4 Å². The molecule has 0 spiro atoms. The van der Waals surface area contributed by atoms with Crippen molar-refractivity contribution in [2.24, 2.45) is 0 Å². The third-order valence-electron chi connectivity index (χ3n) is 2.17. The minimum atomic E-state index is -0.196. The lowest BCUT2D eigenvalue weighted by Crippen LogP contribution is -2.44. The van der Waals surface area contributed by atoms with Crippen molar-refractivity contribution >= 4 is 0 Å². The van der Waals surface area contributed by atoms with Gasteiger partial charge in [-0.05, 0) is 25.8 Å². The van der Waals surface area contributed by atoms with Gasteiger partial charge in [-0.25, -0.2) is 0 Å². The zero-order valence-electron chi connectivity index (χ0n) is 8.47. The van der Waals surface area contributed by atoms with Crippen molar-refractivity contribution in [2.45, 2.75) is 25.8 Å². The summed E-state index contributed by atoms with van der Waals surface area (Å²) in [5.41, 5.74) is 1.09. The molecule has 0 aromatic heterocycles. The Bertz CT molecular complexity index is 187. The summed E-state index contributed by atoms with van der Waals surface area (Å²) < 4.78 is 5.31. The molecule has 0 fully saturated rings. The number of aliphatic hydroxyl groups is 1. The third-order valence-corrected chi connectivity index (χ3v) is 2.17. The standard InChI is InChI=1S/C10H19NO2/c1-10(2,8-12)11-6-9-4-3-5-13-7-9/h4,11-12H,3,5-8H2,1-2H3. The third kappa shape index (κ3) is 3.89. The molecule has 0 radical (unpaired) electrons. The van der Waals surface area contributed by atoms with E-state index in [4.69, 9.17) is 9.84 Å². The molecular weight excluding hydrogens is 166 g/mol. The molecule has 76 valence electrons. The first kappa shape index (κ1) is 10.7. The van der Waals surface area contributed by atoms with Crippen LogP contribution in [0.25, 0.3) is 0 Å². The maximum Gasteiger partial charge on any atom is 0.0689 e. The van der Waals surface area contributed by atoms with Crippen LogP contribution in [0, 0.1) is 0 Å². The van der Waals surface area contributed by atoms with Crippen molar-refractivity contribution < 1.29 is 9.84 Å². The van der Waals surface area contributed by atoms with E-state index in [0.717, 1.165) is 26.2 Å². The second-order valence-electron chi connectivity index (χ2n) is 4.10. The fourth-order valence-corrected chi connectivity index (χ4v) is 1.14. The Morgan fingerprint density at radius 2 is 2.38 bits per heavy atom. The monoisotopic (exact) mass is 185 g/mol. The average molecular weight is 185 g/mol. The van der Waals surface area contributed by atoms with Crippen molar-refractivity contribution in [1.82, 2.24) is 5.32 Å². The van der Waals surface area contributed by atoms with Gasteiger partial charge in [-0.2, -0.15) is 0 Å². The van der Waals surface area contributed by atoms with Crippen LogP contribution in [0.4, 0.5) is 0 Å². The highest BCUT2D eigenvalue weighted by molar-refractivity contribution is 5.07. The zero-order valence-corrected chi connectivity index (χ0v) is 8.47. The van der Waals surface area contributed by atoms with Crippen molar-refractivity contribution in [1.29, 1.82) is 0 Å². The van der Waals surface area contributed by atoms with Gasteiger partial charge < -0.3 is 15.2 Å². The second kappa shape index (κ2) is 4.74. The fraction of sp³-hybridized carbons (Fsp3) is 0.800. The van der Waals surface area contributed by atoms with Gasteiger partial charge in [-0.3, -0.25) is 0 Å². The van der Waals surface area contributed by atoms with Crippen LogP contribution >= 0.6 is 0 Å². The average Bonchev–Trinajstić information content (AvgIpc) is 2.17. The molecule has 1 aliphatic rings. The van der Waals surface area contributed by atoms with Crippen molar-refractivity contribution in [3.05, 3.63) is 11.6 Å². The lowest BCUT2D eigenvalue weighted by Gasteiger charge is -2.25. The van der Waals surface area contributed by atoms with Crippen LogP contribution in [0.5, 0.6) is 0 Å². The van der Waals surface area contributed by atoms with Crippen molar-refractivity contribution in [2.75, 3.05) is 26.4 Å². The molecule has 0 atom stereocenters. The van der Waals surface area contributed by atoms with E-state index in [0.29, 0.717) is 0 Å². The number of nitrogens with one attached hydrogen (secondary N) is 1. The smallest absolute Gasteiger partial charge is 0.0689 e. The first-order valence-corrected chi connectivity index (χ1v) is 4.75. The maximum atomic E-state index is 9.01. The van der Waals surface area contributed by atoms with E-state index in [1.165, 1.54) is 5.57 Å². The highest BCUT2D eigenvalue weighted by Crippen LogP contribution is 2.06. The van der Waals surface area contributed by atoms with E-state index in [1.54, 1.807) is 0 Å². The van der Waals surface area contributed by atoms with Crippen LogP contribution in [0.2, 0.25) is 0 Å². The van der Waals surface area contributed by atoms with Crippen LogP contribution in [0.15, 0.2) is 11.6 Å². The number of aliphatic hydroxyl groups excluding tert-OH is 1. The number of hydrogen-bond donors (Lipinski definition) is 2. The molecule has 0 aromatic carbocycles. The van der Waals surface area contributed by atoms with E-state index >= 15 is 0 Å². The van der Waals surface area contributed by atoms with Gasteiger partial charge in [0.05, 0.1) is 19.8 Å². The quantitative estimate of drug-likeness (QED) is 0.633. The first-order valence-electron chi connectivity index (χ1n) is 4.75. The molecule has 0 unspecified atom stereocenters. The second-order valence-corrected chi connectivity index (χ2v) is 4.10. The Morgan fingerprint density at radius 3 is 2.92 bits per heavy atom. The molecule has 0 saturated heterocycles. The summed E-state index contributed by atoms with van der Waals surface area (Å²) >= 11 is 0. The van der Waals surface area contributed by atoms with E-state index in [-0.39, 0.29) is 12.1 Å². The Kier molecular flexibility index (Phi) is 3.90. The molecule has 1 aliphatic heterocycles. The number of ether oxygens (including phenoxy) is 1. The van der Waals surface area contributed by atoms with Crippen molar-refractivity contribution in [3.8, 4) is 0 Å². The molecule has 0 aliphatic carbocycles. The zero-order chi connectivity index (χ0) is 9.73. The molecule has 0 aromatic rings. The fourth-order valence-electron chi connectivity index (χ4n) is 1.14. The van der Waals surface area contributed by atoms with Gasteiger partial charge in [0, 0.05) is 12.1 Å². The molecule has 3 heteroatoms. The SMILES string of the molecule is CC(C)(CO)NCC1=CCCOC1. The number of rotatable bonds is 4. The van der Waals surface area contributed by atoms with Crippen LogP contribution in [0.3, 0.4) is 0 Å². The molecule has 1 rings (SSSR count). The highest BCUT2D eigenvalue weighted by atomic mass is 16.5. The summed E-state index contributed by atoms with van der Waals surface area (Å²) in [6, 6.07) is 0. The van der Waals surface area contributed by atoms with Crippen LogP contribution in [-0.2, 0) is 4.74 Å². The lowest BCUT2D eigenvalue weighted by atomic mass is 10.1. The molecule has 1 heterocycles. The normalized spacial score (nSPS) is 18.5. The first-order chi connectivity index (χ1) is 6.14. The molecule has 0 saturated carbocycles. The van der Waals surface area contributed by atoms with E-state index in [1.807, 2.05) is 13.8 Å². The van der Waals surface area contributed by atoms with Crippen LogP contribution in [0.1, 0.15) is 20.3 Å². The Hall–Kier alpha value is -0.380. The predicted octanol–water partition coefficient (Wildman–Crippen LogP) is 0.694. The van der Waals surface area contributed by atoms with Gasteiger partial charge >= 0.3 is 0 Å². The summed E-state index contributed by atoms with van der Waals surface area (Å²) in [5, 5.41) is 12.3. The predicted molar refractivity (Wildman–Crippen MR) is 52.7 cm³/mol. The minimum Gasteiger partial charge on any atom is -0.394 e. The molecule has 3 nitrogen and oxygen atoms in total. The van der Waals surface area contributed by atoms with Gasteiger partial charge in [0.2, 0.25) is 0 Å². The van der Waals surface area contributed by atoms with Gasteiger partial charge in [0.15, 0.2) is 0 Å². The summed E-state index contributed by atoms with van der Waals surface area (Å²) in [6.45, 7) is 6.50. The largest absolute Gasteiger partial charge is 0.394 e. The summed E-state index contributed by atoms with van der Waals surface area (Å²) in [4.78, 5) is 0. The highest BCUT2D eigenvalue weighted by Gasteiger charge is 2.15. The van der Waals surface area contributed by atoms with Gasteiger partial charge in [0.25, 0.3) is 0 Å². The van der Waals surface area contributed by atoms with Gasteiger partial charge in [0.1, 0.15) is 0 Å². The maximum absolute atomic E-state index is 9.01. The van der Waals surface area contributed by atoms with Crippen LogP contribution in [-0.4, -0.2) is 37.0 Å². The summed E-state index contributed by atoms with van der Waals surface area (Å²) in [6.07, 6.45) is 3.22. The minimum absolute atomic E-state index is 0.154.